The van der Waals surface area contributed by atoms with Crippen LogP contribution in [0.4, 0.5) is 5.69 Å². The second kappa shape index (κ2) is 10.2. The molecule has 0 aromatic heterocycles. The molecule has 0 radical (unpaired) electrons. The molecule has 2 aromatic rings. The van der Waals surface area contributed by atoms with E-state index >= 15 is 0 Å². The molecule has 1 N–H and O–H groups in total. The zero-order chi connectivity index (χ0) is 22.4. The van der Waals surface area contributed by atoms with Crippen LogP contribution in [0.25, 0.3) is 5.57 Å². The number of benzene rings is 2. The number of nitrogens with zero attached hydrogens (tertiary/aromatic N) is 1. The molecule has 0 bridgehead atoms. The number of amides is 2. The van der Waals surface area contributed by atoms with E-state index in [1.807, 2.05) is 76.2 Å². The Labute approximate surface area is 183 Å². The minimum atomic E-state index is -0.317. The molecule has 0 aliphatic carbocycles. The van der Waals surface area contributed by atoms with Crippen LogP contribution in [0.1, 0.15) is 39.7 Å². The number of nitrogens with one attached hydrogen (secondary N) is 1. The van der Waals surface area contributed by atoms with E-state index in [1.165, 1.54) is 4.90 Å². The van der Waals surface area contributed by atoms with Crippen molar-refractivity contribution in [3.05, 3.63) is 59.8 Å². The van der Waals surface area contributed by atoms with Crippen LogP contribution in [0, 0.1) is 5.92 Å². The van der Waals surface area contributed by atoms with Gasteiger partial charge in [0.05, 0.1) is 18.8 Å². The average Bonchev–Trinajstić information content (AvgIpc) is 2.97. The van der Waals surface area contributed by atoms with Crippen LogP contribution < -0.4 is 14.8 Å². The standard InChI is InChI=1S/C25H30N2O4/c1-5-14-31-21-9-7-8-19(15-21)26-23-22(18-10-12-20(13-11-18)30-6-2)24(28)27(25(23)29)16-17(3)4/h7-13,15,17,26H,5-6,14,16H2,1-4H3. The van der Waals surface area contributed by atoms with Gasteiger partial charge in [0.2, 0.25) is 0 Å². The summed E-state index contributed by atoms with van der Waals surface area (Å²) in [4.78, 5) is 27.7. The van der Waals surface area contributed by atoms with Crippen LogP contribution in [0.2, 0.25) is 0 Å². The van der Waals surface area contributed by atoms with Crippen molar-refractivity contribution in [2.24, 2.45) is 5.92 Å². The number of imide groups is 1. The third-order valence-electron chi connectivity index (χ3n) is 4.75. The normalized spacial score (nSPS) is 13.9. The summed E-state index contributed by atoms with van der Waals surface area (Å²) in [6, 6.07) is 14.7. The van der Waals surface area contributed by atoms with E-state index in [0.29, 0.717) is 42.3 Å². The van der Waals surface area contributed by atoms with E-state index in [9.17, 15) is 9.59 Å². The van der Waals surface area contributed by atoms with Crippen molar-refractivity contribution in [3.63, 3.8) is 0 Å². The predicted octanol–water partition coefficient (Wildman–Crippen LogP) is 4.72. The zero-order valence-corrected chi connectivity index (χ0v) is 18.6. The smallest absolute Gasteiger partial charge is 0.278 e. The fourth-order valence-corrected chi connectivity index (χ4v) is 3.40. The topological polar surface area (TPSA) is 67.9 Å². The first-order chi connectivity index (χ1) is 14.9. The SMILES string of the molecule is CCCOc1cccc(NC2=C(c3ccc(OCC)cc3)C(=O)N(CC(C)C)C2=O)c1. The first kappa shape index (κ1) is 22.4. The Morgan fingerprint density at radius 3 is 2.32 bits per heavy atom. The van der Waals surface area contributed by atoms with Gasteiger partial charge in [-0.15, -0.1) is 0 Å². The predicted molar refractivity (Wildman–Crippen MR) is 122 cm³/mol. The van der Waals surface area contributed by atoms with Gasteiger partial charge in [-0.2, -0.15) is 0 Å². The Balaban J connectivity index is 1.98. The maximum atomic E-state index is 13.2. The van der Waals surface area contributed by atoms with Crippen LogP contribution in [-0.4, -0.2) is 36.5 Å². The van der Waals surface area contributed by atoms with Gasteiger partial charge >= 0.3 is 0 Å². The fraction of sp³-hybridized carbons (Fsp3) is 0.360. The van der Waals surface area contributed by atoms with Gasteiger partial charge in [0, 0.05) is 18.3 Å². The van der Waals surface area contributed by atoms with Crippen molar-refractivity contribution < 1.29 is 19.1 Å². The minimum Gasteiger partial charge on any atom is -0.494 e. The van der Waals surface area contributed by atoms with E-state index in [2.05, 4.69) is 5.32 Å². The summed E-state index contributed by atoms with van der Waals surface area (Å²) >= 11 is 0. The number of rotatable bonds is 10. The van der Waals surface area contributed by atoms with Crippen molar-refractivity contribution >= 4 is 23.1 Å². The van der Waals surface area contributed by atoms with Crippen molar-refractivity contribution in [2.45, 2.75) is 34.1 Å². The molecule has 1 aliphatic rings. The van der Waals surface area contributed by atoms with Crippen LogP contribution in [0.5, 0.6) is 11.5 Å². The van der Waals surface area contributed by atoms with E-state index in [4.69, 9.17) is 9.47 Å². The average molecular weight is 423 g/mol. The lowest BCUT2D eigenvalue weighted by Crippen LogP contribution is -2.35. The highest BCUT2D eigenvalue weighted by Gasteiger charge is 2.39. The van der Waals surface area contributed by atoms with Crippen LogP contribution in [0.15, 0.2) is 54.2 Å². The summed E-state index contributed by atoms with van der Waals surface area (Å²) in [6.45, 7) is 9.47. The Morgan fingerprint density at radius 2 is 1.68 bits per heavy atom. The molecule has 0 saturated carbocycles. The number of ether oxygens (including phenoxy) is 2. The largest absolute Gasteiger partial charge is 0.494 e. The van der Waals surface area contributed by atoms with E-state index in [1.54, 1.807) is 0 Å². The first-order valence-electron chi connectivity index (χ1n) is 10.8. The van der Waals surface area contributed by atoms with Gasteiger partial charge in [-0.1, -0.05) is 39.0 Å². The molecule has 6 heteroatoms. The first-order valence-corrected chi connectivity index (χ1v) is 10.8. The fourth-order valence-electron chi connectivity index (χ4n) is 3.40. The third kappa shape index (κ3) is 5.26. The number of anilines is 1. The molecule has 164 valence electrons. The lowest BCUT2D eigenvalue weighted by molar-refractivity contribution is -0.137. The molecule has 3 rings (SSSR count). The number of hydrogen-bond acceptors (Lipinski definition) is 5. The number of hydrogen-bond donors (Lipinski definition) is 1. The van der Waals surface area contributed by atoms with Crippen molar-refractivity contribution in [3.8, 4) is 11.5 Å². The summed E-state index contributed by atoms with van der Waals surface area (Å²) in [5.41, 5.74) is 2.02. The molecule has 2 amide bonds. The molecular weight excluding hydrogens is 392 g/mol. The maximum Gasteiger partial charge on any atom is 0.278 e. The van der Waals surface area contributed by atoms with Crippen LogP contribution in [0.3, 0.4) is 0 Å². The summed E-state index contributed by atoms with van der Waals surface area (Å²) in [5, 5.41) is 3.19. The van der Waals surface area contributed by atoms with Crippen molar-refractivity contribution in [1.82, 2.24) is 4.90 Å². The summed E-state index contributed by atoms with van der Waals surface area (Å²) in [7, 11) is 0. The van der Waals surface area contributed by atoms with Gasteiger partial charge in [-0.25, -0.2) is 0 Å². The molecule has 0 spiro atoms. The second-order valence-corrected chi connectivity index (χ2v) is 7.82. The summed E-state index contributed by atoms with van der Waals surface area (Å²) in [5.74, 6) is 0.995. The number of carbonyl (C=O) groups excluding carboxylic acids is 2. The highest BCUT2D eigenvalue weighted by molar-refractivity contribution is 6.36. The minimum absolute atomic E-state index is 0.166. The van der Waals surface area contributed by atoms with Crippen molar-refractivity contribution in [2.75, 3.05) is 25.1 Å². The van der Waals surface area contributed by atoms with Gasteiger partial charge in [0.1, 0.15) is 17.2 Å². The molecule has 31 heavy (non-hydrogen) atoms. The van der Waals surface area contributed by atoms with Gasteiger partial charge < -0.3 is 14.8 Å². The Kier molecular flexibility index (Phi) is 7.34. The second-order valence-electron chi connectivity index (χ2n) is 7.82. The third-order valence-corrected chi connectivity index (χ3v) is 4.75. The quantitative estimate of drug-likeness (QED) is 0.561. The van der Waals surface area contributed by atoms with E-state index in [-0.39, 0.29) is 23.4 Å². The highest BCUT2D eigenvalue weighted by Crippen LogP contribution is 2.32. The Morgan fingerprint density at radius 1 is 0.935 bits per heavy atom. The molecule has 1 aliphatic heterocycles. The van der Waals surface area contributed by atoms with Crippen LogP contribution in [-0.2, 0) is 9.59 Å². The molecule has 1 heterocycles. The summed E-state index contributed by atoms with van der Waals surface area (Å²) < 4.78 is 11.2. The van der Waals surface area contributed by atoms with Crippen LogP contribution >= 0.6 is 0 Å². The molecule has 0 unspecified atom stereocenters. The van der Waals surface area contributed by atoms with Gasteiger partial charge in [0.15, 0.2) is 0 Å². The van der Waals surface area contributed by atoms with Gasteiger partial charge in [0.25, 0.3) is 11.8 Å². The maximum absolute atomic E-state index is 13.2. The molecular formula is C25H30N2O4. The molecule has 2 aromatic carbocycles. The molecule has 0 saturated heterocycles. The Hall–Kier alpha value is -3.28. The Bertz CT molecular complexity index is 964. The van der Waals surface area contributed by atoms with Gasteiger partial charge in [-0.05, 0) is 49.1 Å². The lowest BCUT2D eigenvalue weighted by Gasteiger charge is -2.17. The van der Waals surface area contributed by atoms with Gasteiger partial charge in [-0.3, -0.25) is 14.5 Å². The summed E-state index contributed by atoms with van der Waals surface area (Å²) in [6.07, 6.45) is 0.905. The highest BCUT2D eigenvalue weighted by atomic mass is 16.5. The lowest BCUT2D eigenvalue weighted by atomic mass is 10.0. The zero-order valence-electron chi connectivity index (χ0n) is 18.6. The van der Waals surface area contributed by atoms with E-state index in [0.717, 1.165) is 12.2 Å². The molecule has 0 atom stereocenters. The van der Waals surface area contributed by atoms with Crippen molar-refractivity contribution in [1.29, 1.82) is 0 Å². The number of carbonyl (C=O) groups is 2. The van der Waals surface area contributed by atoms with E-state index < -0.39 is 0 Å². The molecule has 6 nitrogen and oxygen atoms in total. The molecule has 0 fully saturated rings. The monoisotopic (exact) mass is 422 g/mol.